The van der Waals surface area contributed by atoms with E-state index >= 15 is 0 Å². The van der Waals surface area contributed by atoms with Crippen LogP contribution >= 0.6 is 0 Å². The molecule has 11 nitrogen and oxygen atoms in total. The fourth-order valence-electron chi connectivity index (χ4n) is 2.76. The topological polar surface area (TPSA) is 169 Å². The Hall–Kier alpha value is -2.31. The Bertz CT molecular complexity index is 825. The summed E-state index contributed by atoms with van der Waals surface area (Å²) in [6.07, 6.45) is -4.50. The zero-order chi connectivity index (χ0) is 19.7. The summed E-state index contributed by atoms with van der Waals surface area (Å²) in [5.41, 5.74) is 7.56. The SMILES string of the molecule is C=C(C)CCc1nc(N)c2c(ncn2OC2O[C@H](CO)[C@@H](O)[C@H](O)[C@H]2O)n1. The van der Waals surface area contributed by atoms with Crippen LogP contribution in [0.1, 0.15) is 19.2 Å². The Balaban J connectivity index is 1.84. The summed E-state index contributed by atoms with van der Waals surface area (Å²) in [6.45, 7) is 5.18. The average Bonchev–Trinajstić information content (AvgIpc) is 3.03. The summed E-state index contributed by atoms with van der Waals surface area (Å²) in [5, 5.41) is 39.0. The number of rotatable bonds is 6. The number of hydrogen-bond acceptors (Lipinski definition) is 10. The molecule has 0 saturated carbocycles. The minimum Gasteiger partial charge on any atom is -0.394 e. The molecular weight excluding hydrogens is 358 g/mol. The number of aliphatic hydroxyl groups is 4. The lowest BCUT2D eigenvalue weighted by atomic mass is 9.99. The van der Waals surface area contributed by atoms with Gasteiger partial charge in [-0.15, -0.1) is 6.58 Å². The van der Waals surface area contributed by atoms with Crippen LogP contribution in [0.5, 0.6) is 0 Å². The van der Waals surface area contributed by atoms with Crippen molar-refractivity contribution in [3.8, 4) is 0 Å². The van der Waals surface area contributed by atoms with E-state index in [0.29, 0.717) is 24.3 Å². The second-order valence-corrected chi connectivity index (χ2v) is 6.53. The molecule has 0 spiro atoms. The lowest BCUT2D eigenvalue weighted by Gasteiger charge is -2.39. The molecule has 1 fully saturated rings. The highest BCUT2D eigenvalue weighted by atomic mass is 16.8. The number of aryl methyl sites for hydroxylation is 1. The molecule has 1 saturated heterocycles. The normalized spacial score (nSPS) is 28.4. The number of aromatic nitrogens is 4. The third-order valence-electron chi connectivity index (χ3n) is 4.29. The number of ether oxygens (including phenoxy) is 1. The molecule has 0 amide bonds. The number of imidazole rings is 1. The van der Waals surface area contributed by atoms with E-state index in [4.69, 9.17) is 15.3 Å². The van der Waals surface area contributed by atoms with Crippen LogP contribution < -0.4 is 10.6 Å². The molecule has 1 aliphatic heterocycles. The summed E-state index contributed by atoms with van der Waals surface area (Å²) < 4.78 is 6.43. The van der Waals surface area contributed by atoms with Gasteiger partial charge in [-0.2, -0.15) is 4.73 Å². The van der Waals surface area contributed by atoms with Gasteiger partial charge in [0, 0.05) is 6.42 Å². The molecule has 11 heteroatoms. The van der Waals surface area contributed by atoms with Crippen molar-refractivity contribution in [1.29, 1.82) is 0 Å². The van der Waals surface area contributed by atoms with Gasteiger partial charge in [-0.05, 0) is 13.3 Å². The Morgan fingerprint density at radius 3 is 2.70 bits per heavy atom. The Kier molecular flexibility index (Phi) is 5.58. The lowest BCUT2D eigenvalue weighted by molar-refractivity contribution is -0.299. The van der Waals surface area contributed by atoms with E-state index in [0.717, 1.165) is 10.3 Å². The van der Waals surface area contributed by atoms with Crippen molar-refractivity contribution < 1.29 is 30.0 Å². The van der Waals surface area contributed by atoms with Gasteiger partial charge in [0.2, 0.25) is 0 Å². The zero-order valence-corrected chi connectivity index (χ0v) is 14.8. The molecule has 0 aliphatic carbocycles. The quantitative estimate of drug-likeness (QED) is 0.358. The van der Waals surface area contributed by atoms with E-state index in [1.807, 2.05) is 6.92 Å². The number of fused-ring (bicyclic) bond motifs is 1. The van der Waals surface area contributed by atoms with Crippen molar-refractivity contribution in [2.24, 2.45) is 0 Å². The molecule has 3 heterocycles. The zero-order valence-electron chi connectivity index (χ0n) is 14.8. The summed E-state index contributed by atoms with van der Waals surface area (Å²) >= 11 is 0. The number of allylic oxidation sites excluding steroid dienone is 1. The fourth-order valence-corrected chi connectivity index (χ4v) is 2.76. The number of nitrogens with two attached hydrogens (primary N) is 1. The molecule has 5 atom stereocenters. The van der Waals surface area contributed by atoms with E-state index in [1.54, 1.807) is 0 Å². The van der Waals surface area contributed by atoms with Crippen LogP contribution in [0.3, 0.4) is 0 Å². The molecule has 2 aromatic rings. The Labute approximate surface area is 154 Å². The first kappa shape index (κ1) is 19.5. The highest BCUT2D eigenvalue weighted by Crippen LogP contribution is 2.23. The average molecular weight is 381 g/mol. The van der Waals surface area contributed by atoms with Crippen LogP contribution in [0.15, 0.2) is 18.5 Å². The smallest absolute Gasteiger partial charge is 0.254 e. The number of nitrogen functional groups attached to an aromatic ring is 1. The first-order chi connectivity index (χ1) is 12.8. The molecule has 0 aromatic carbocycles. The molecule has 0 radical (unpaired) electrons. The number of hydrogen-bond donors (Lipinski definition) is 5. The van der Waals surface area contributed by atoms with E-state index in [2.05, 4.69) is 21.5 Å². The molecule has 1 aliphatic rings. The van der Waals surface area contributed by atoms with Gasteiger partial charge in [0.05, 0.1) is 6.61 Å². The maximum absolute atomic E-state index is 10.1. The number of nitrogens with zero attached hydrogens (tertiary/aromatic N) is 4. The van der Waals surface area contributed by atoms with E-state index in [9.17, 15) is 20.4 Å². The minimum absolute atomic E-state index is 0.124. The fraction of sp³-hybridized carbons (Fsp3) is 0.562. The lowest BCUT2D eigenvalue weighted by Crippen LogP contribution is -2.61. The first-order valence-corrected chi connectivity index (χ1v) is 8.43. The van der Waals surface area contributed by atoms with Crippen molar-refractivity contribution in [1.82, 2.24) is 19.7 Å². The van der Waals surface area contributed by atoms with Gasteiger partial charge in [-0.3, -0.25) is 0 Å². The number of aliphatic hydroxyl groups excluding tert-OH is 4. The summed E-state index contributed by atoms with van der Waals surface area (Å²) in [5.74, 6) is 0.639. The van der Waals surface area contributed by atoms with Crippen LogP contribution in [0, 0.1) is 0 Å². The molecule has 0 bridgehead atoms. The highest BCUT2D eigenvalue weighted by molar-refractivity contribution is 5.81. The van der Waals surface area contributed by atoms with E-state index in [1.165, 1.54) is 6.33 Å². The molecule has 2 aromatic heterocycles. The van der Waals surface area contributed by atoms with Crippen molar-refractivity contribution in [3.63, 3.8) is 0 Å². The summed E-state index contributed by atoms with van der Waals surface area (Å²) in [7, 11) is 0. The third-order valence-corrected chi connectivity index (χ3v) is 4.29. The van der Waals surface area contributed by atoms with Gasteiger partial charge in [0.25, 0.3) is 6.29 Å². The largest absolute Gasteiger partial charge is 0.394 e. The molecule has 27 heavy (non-hydrogen) atoms. The minimum atomic E-state index is -1.56. The van der Waals surface area contributed by atoms with E-state index < -0.39 is 37.3 Å². The Morgan fingerprint density at radius 1 is 1.30 bits per heavy atom. The molecule has 148 valence electrons. The van der Waals surface area contributed by atoms with Gasteiger partial charge in [-0.25, -0.2) is 15.0 Å². The van der Waals surface area contributed by atoms with E-state index in [-0.39, 0.29) is 11.3 Å². The Morgan fingerprint density at radius 2 is 2.04 bits per heavy atom. The van der Waals surface area contributed by atoms with Crippen LogP contribution in [-0.2, 0) is 11.2 Å². The van der Waals surface area contributed by atoms with Crippen LogP contribution in [0.4, 0.5) is 5.82 Å². The van der Waals surface area contributed by atoms with Gasteiger partial charge < -0.3 is 35.7 Å². The molecular formula is C16H23N5O6. The monoisotopic (exact) mass is 381 g/mol. The highest BCUT2D eigenvalue weighted by Gasteiger charge is 2.45. The van der Waals surface area contributed by atoms with Crippen LogP contribution in [-0.4, -0.2) is 77.4 Å². The van der Waals surface area contributed by atoms with Crippen LogP contribution in [0.2, 0.25) is 0 Å². The maximum Gasteiger partial charge on any atom is 0.254 e. The first-order valence-electron chi connectivity index (χ1n) is 8.43. The summed E-state index contributed by atoms with van der Waals surface area (Å²) in [4.78, 5) is 18.2. The molecule has 6 N–H and O–H groups in total. The van der Waals surface area contributed by atoms with Crippen molar-refractivity contribution in [2.75, 3.05) is 12.3 Å². The van der Waals surface area contributed by atoms with Crippen molar-refractivity contribution in [3.05, 3.63) is 24.3 Å². The van der Waals surface area contributed by atoms with Gasteiger partial charge in [-0.1, -0.05) is 5.57 Å². The number of anilines is 1. The third kappa shape index (κ3) is 3.87. The maximum atomic E-state index is 10.1. The van der Waals surface area contributed by atoms with Crippen molar-refractivity contribution >= 4 is 17.0 Å². The van der Waals surface area contributed by atoms with Gasteiger partial charge in [0.1, 0.15) is 36.6 Å². The standard InChI is InChI=1S/C16H23N5O6/c1-7(2)3-4-9-19-14(17)10-15(20-9)18-6-21(10)27-16-13(25)12(24)11(23)8(5-22)26-16/h6,8,11-13,16,22-25H,1,3-5H2,2H3,(H2,17,19,20)/t8-,11-,12+,13-,16?/m1/s1. The molecule has 3 rings (SSSR count). The van der Waals surface area contributed by atoms with Crippen LogP contribution in [0.25, 0.3) is 11.2 Å². The predicted molar refractivity (Wildman–Crippen MR) is 93.2 cm³/mol. The van der Waals surface area contributed by atoms with Crippen molar-refractivity contribution in [2.45, 2.75) is 50.5 Å². The van der Waals surface area contributed by atoms with Gasteiger partial charge >= 0.3 is 0 Å². The predicted octanol–water partition coefficient (Wildman–Crippen LogP) is -1.85. The van der Waals surface area contributed by atoms with Gasteiger partial charge in [0.15, 0.2) is 17.0 Å². The second-order valence-electron chi connectivity index (χ2n) is 6.53. The second kappa shape index (κ2) is 7.74. The summed E-state index contributed by atoms with van der Waals surface area (Å²) in [6, 6.07) is 0. The molecule has 1 unspecified atom stereocenters.